The average Bonchev–Trinajstić information content (AvgIpc) is 2.89. The first-order valence-corrected chi connectivity index (χ1v) is 12.1. The quantitative estimate of drug-likeness (QED) is 0.758. The van der Waals surface area contributed by atoms with E-state index in [1.54, 1.807) is 0 Å². The topological polar surface area (TPSA) is 74.8 Å². The van der Waals surface area contributed by atoms with Crippen LogP contribution in [0.5, 0.6) is 5.75 Å². The molecule has 0 spiro atoms. The summed E-state index contributed by atoms with van der Waals surface area (Å²) in [6.45, 7) is 3.53. The zero-order chi connectivity index (χ0) is 22.9. The van der Waals surface area contributed by atoms with Crippen LogP contribution in [0.4, 0.5) is 0 Å². The minimum absolute atomic E-state index is 0.0119. The van der Waals surface area contributed by atoms with E-state index in [1.165, 1.54) is 5.56 Å². The number of aromatic nitrogens is 1. The van der Waals surface area contributed by atoms with Gasteiger partial charge in [0.25, 0.3) is 5.91 Å². The van der Waals surface area contributed by atoms with E-state index >= 15 is 0 Å². The highest BCUT2D eigenvalue weighted by Gasteiger charge is 2.39. The van der Waals surface area contributed by atoms with Crippen molar-refractivity contribution in [2.45, 2.75) is 44.7 Å². The molecule has 0 bridgehead atoms. The number of hydrogen-bond acceptors (Lipinski definition) is 5. The van der Waals surface area contributed by atoms with E-state index < -0.39 is 0 Å². The number of ether oxygens (including phenoxy) is 1. The fourth-order valence-corrected chi connectivity index (χ4v) is 4.81. The maximum Gasteiger partial charge on any atom is 0.260 e. The van der Waals surface area contributed by atoms with Crippen LogP contribution in [0, 0.1) is 5.92 Å². The predicted molar refractivity (Wildman–Crippen MR) is 127 cm³/mol. The number of para-hydroxylation sites is 1. The van der Waals surface area contributed by atoms with Gasteiger partial charge in [-0.05, 0) is 55.6 Å². The SMILES string of the molecule is O=C1NCCCCCCN(Cc2ccncc2)C2CN(C(=O)COc3ccccc3)CCC12. The highest BCUT2D eigenvalue weighted by molar-refractivity contribution is 5.81. The van der Waals surface area contributed by atoms with Gasteiger partial charge in [-0.2, -0.15) is 0 Å². The minimum atomic E-state index is -0.121. The van der Waals surface area contributed by atoms with Crippen molar-refractivity contribution in [3.05, 3.63) is 60.4 Å². The number of benzene rings is 1. The number of hydrogen-bond donors (Lipinski definition) is 1. The van der Waals surface area contributed by atoms with Gasteiger partial charge in [-0.1, -0.05) is 31.0 Å². The Morgan fingerprint density at radius 2 is 1.82 bits per heavy atom. The number of rotatable bonds is 5. The smallest absolute Gasteiger partial charge is 0.260 e. The van der Waals surface area contributed by atoms with E-state index in [2.05, 4.69) is 15.2 Å². The molecule has 4 rings (SSSR count). The summed E-state index contributed by atoms with van der Waals surface area (Å²) in [5.74, 6) is 0.656. The third-order valence-electron chi connectivity index (χ3n) is 6.65. The monoisotopic (exact) mass is 450 g/mol. The van der Waals surface area contributed by atoms with E-state index in [0.29, 0.717) is 25.3 Å². The van der Waals surface area contributed by atoms with Gasteiger partial charge in [0.2, 0.25) is 5.91 Å². The fourth-order valence-electron chi connectivity index (χ4n) is 4.81. The molecule has 1 aromatic heterocycles. The lowest BCUT2D eigenvalue weighted by molar-refractivity contribution is -0.140. The Hall–Kier alpha value is -2.93. The molecule has 2 unspecified atom stereocenters. The summed E-state index contributed by atoms with van der Waals surface area (Å²) in [6.07, 6.45) is 8.67. The van der Waals surface area contributed by atoms with Crippen LogP contribution in [0.3, 0.4) is 0 Å². The van der Waals surface area contributed by atoms with Crippen molar-refractivity contribution >= 4 is 11.8 Å². The van der Waals surface area contributed by atoms with E-state index in [9.17, 15) is 9.59 Å². The number of amides is 2. The first-order chi connectivity index (χ1) is 16.2. The largest absolute Gasteiger partial charge is 0.484 e. The number of pyridine rings is 1. The van der Waals surface area contributed by atoms with Crippen molar-refractivity contribution < 1.29 is 14.3 Å². The van der Waals surface area contributed by atoms with Crippen molar-refractivity contribution in [2.24, 2.45) is 5.92 Å². The van der Waals surface area contributed by atoms with Gasteiger partial charge in [0.1, 0.15) is 5.75 Å². The minimum Gasteiger partial charge on any atom is -0.484 e. The molecule has 0 saturated carbocycles. The number of fused-ring (bicyclic) bond motifs is 1. The van der Waals surface area contributed by atoms with Crippen LogP contribution in [0.25, 0.3) is 0 Å². The summed E-state index contributed by atoms with van der Waals surface area (Å²) in [5.41, 5.74) is 1.18. The maximum atomic E-state index is 13.1. The molecule has 3 heterocycles. The van der Waals surface area contributed by atoms with Crippen LogP contribution in [-0.2, 0) is 16.1 Å². The van der Waals surface area contributed by atoms with Crippen LogP contribution in [0.2, 0.25) is 0 Å². The summed E-state index contributed by atoms with van der Waals surface area (Å²) in [7, 11) is 0. The van der Waals surface area contributed by atoms with Crippen molar-refractivity contribution in [1.29, 1.82) is 0 Å². The number of nitrogens with one attached hydrogen (secondary N) is 1. The fraction of sp³-hybridized carbons (Fsp3) is 0.500. The molecule has 2 aliphatic rings. The molecule has 33 heavy (non-hydrogen) atoms. The zero-order valence-corrected chi connectivity index (χ0v) is 19.2. The Bertz CT molecular complexity index is 893. The molecular formula is C26H34N4O3. The second kappa shape index (κ2) is 11.8. The van der Waals surface area contributed by atoms with Crippen LogP contribution in [0.15, 0.2) is 54.9 Å². The zero-order valence-electron chi connectivity index (χ0n) is 19.2. The highest BCUT2D eigenvalue weighted by atomic mass is 16.5. The molecule has 2 aliphatic heterocycles. The number of likely N-dealkylation sites (tertiary alicyclic amines) is 1. The summed E-state index contributed by atoms with van der Waals surface area (Å²) < 4.78 is 5.71. The van der Waals surface area contributed by atoms with Gasteiger partial charge >= 0.3 is 0 Å². The van der Waals surface area contributed by atoms with Crippen LogP contribution in [0.1, 0.15) is 37.7 Å². The number of piperidine rings is 1. The number of nitrogens with zero attached hydrogens (tertiary/aromatic N) is 3. The first kappa shape index (κ1) is 23.2. The van der Waals surface area contributed by atoms with Gasteiger partial charge in [-0.25, -0.2) is 0 Å². The van der Waals surface area contributed by atoms with Gasteiger partial charge in [-0.15, -0.1) is 0 Å². The van der Waals surface area contributed by atoms with Gasteiger partial charge in [0.05, 0.1) is 5.92 Å². The summed E-state index contributed by atoms with van der Waals surface area (Å²) >= 11 is 0. The van der Waals surface area contributed by atoms with Gasteiger partial charge in [0.15, 0.2) is 6.61 Å². The Kier molecular flexibility index (Phi) is 8.30. The molecule has 2 saturated heterocycles. The summed E-state index contributed by atoms with van der Waals surface area (Å²) in [4.78, 5) is 34.5. The standard InChI is InChI=1S/C26H34N4O3/c31-25(20-33-22-8-4-3-5-9-22)30-17-12-23-24(19-30)29(18-21-10-14-27-15-11-21)16-7-2-1-6-13-28-26(23)32/h3-5,8-11,14-15,23-24H,1-2,6-7,12-13,16-20H2,(H,28,32). The van der Waals surface area contributed by atoms with Crippen molar-refractivity contribution in [3.8, 4) is 5.75 Å². The van der Waals surface area contributed by atoms with Crippen LogP contribution in [-0.4, -0.2) is 65.4 Å². The molecule has 2 amide bonds. The maximum absolute atomic E-state index is 13.1. The third-order valence-corrected chi connectivity index (χ3v) is 6.65. The second-order valence-corrected chi connectivity index (χ2v) is 8.94. The Balaban J connectivity index is 1.49. The molecule has 2 atom stereocenters. The normalized spacial score (nSPS) is 22.5. The molecule has 0 radical (unpaired) electrons. The lowest BCUT2D eigenvalue weighted by atomic mass is 9.88. The Morgan fingerprint density at radius 3 is 2.64 bits per heavy atom. The first-order valence-electron chi connectivity index (χ1n) is 12.1. The van der Waals surface area contributed by atoms with Gasteiger partial charge < -0.3 is 15.0 Å². The lowest BCUT2D eigenvalue weighted by Crippen LogP contribution is -2.58. The van der Waals surface area contributed by atoms with Crippen molar-refractivity contribution in [1.82, 2.24) is 20.1 Å². The van der Waals surface area contributed by atoms with Crippen LogP contribution >= 0.6 is 0 Å². The molecule has 176 valence electrons. The average molecular weight is 451 g/mol. The van der Waals surface area contributed by atoms with Crippen molar-refractivity contribution in [3.63, 3.8) is 0 Å². The number of carbonyl (C=O) groups is 2. The summed E-state index contributed by atoms with van der Waals surface area (Å²) in [6, 6.07) is 13.4. The summed E-state index contributed by atoms with van der Waals surface area (Å²) in [5, 5.41) is 3.15. The van der Waals surface area contributed by atoms with Crippen LogP contribution < -0.4 is 10.1 Å². The van der Waals surface area contributed by atoms with E-state index in [1.807, 2.05) is 59.8 Å². The van der Waals surface area contributed by atoms with E-state index in [0.717, 1.165) is 45.3 Å². The lowest BCUT2D eigenvalue weighted by Gasteiger charge is -2.43. The molecule has 1 aromatic carbocycles. The van der Waals surface area contributed by atoms with Gasteiger partial charge in [-0.3, -0.25) is 19.5 Å². The van der Waals surface area contributed by atoms with Gasteiger partial charge in [0, 0.05) is 44.6 Å². The Labute approximate surface area is 196 Å². The van der Waals surface area contributed by atoms with E-state index in [4.69, 9.17) is 4.74 Å². The molecule has 7 nitrogen and oxygen atoms in total. The molecule has 1 N–H and O–H groups in total. The third kappa shape index (κ3) is 6.54. The molecule has 2 aromatic rings. The highest BCUT2D eigenvalue weighted by Crippen LogP contribution is 2.26. The predicted octanol–water partition coefficient (Wildman–Crippen LogP) is 2.87. The Morgan fingerprint density at radius 1 is 1.03 bits per heavy atom. The molecular weight excluding hydrogens is 416 g/mol. The van der Waals surface area contributed by atoms with E-state index in [-0.39, 0.29) is 30.4 Å². The number of carbonyl (C=O) groups excluding carboxylic acids is 2. The molecule has 7 heteroatoms. The van der Waals surface area contributed by atoms with Crippen molar-refractivity contribution in [2.75, 3.05) is 32.8 Å². The molecule has 2 fully saturated rings. The molecule has 0 aliphatic carbocycles. The second-order valence-electron chi connectivity index (χ2n) is 8.94.